The molecular weight excluding hydrogens is 624 g/mol. The maximum Gasteiger partial charge on any atom is 0.410 e. The lowest BCUT2D eigenvalue weighted by molar-refractivity contribution is -0.142. The summed E-state index contributed by atoms with van der Waals surface area (Å²) in [6.45, 7) is 7.16. The van der Waals surface area contributed by atoms with Gasteiger partial charge in [0.05, 0.1) is 17.3 Å². The van der Waals surface area contributed by atoms with Gasteiger partial charge in [-0.05, 0) is 106 Å². The lowest BCUT2D eigenvalue weighted by Gasteiger charge is -2.41. The molecule has 0 unspecified atom stereocenters. The second kappa shape index (κ2) is 14.4. The van der Waals surface area contributed by atoms with Gasteiger partial charge in [-0.1, -0.05) is 24.6 Å². The van der Waals surface area contributed by atoms with Crippen molar-refractivity contribution < 1.29 is 19.1 Å². The van der Waals surface area contributed by atoms with Crippen molar-refractivity contribution in [3.05, 3.63) is 45.3 Å². The van der Waals surface area contributed by atoms with E-state index in [1.165, 1.54) is 24.2 Å². The number of thiophene rings is 1. The Morgan fingerprint density at radius 1 is 1.02 bits per heavy atom. The third-order valence-electron chi connectivity index (χ3n) is 10.6. The lowest BCUT2D eigenvalue weighted by Crippen LogP contribution is -2.52. The summed E-state index contributed by atoms with van der Waals surface area (Å²) in [6, 6.07) is 5.74. The summed E-state index contributed by atoms with van der Waals surface area (Å²) in [5.41, 5.74) is 9.60. The number of urea groups is 1. The number of fused-ring (bicyclic) bond motifs is 1. The van der Waals surface area contributed by atoms with Crippen LogP contribution in [-0.2, 0) is 28.9 Å². The smallest absolute Gasteiger partial charge is 0.410 e. The molecule has 0 spiro atoms. The van der Waals surface area contributed by atoms with E-state index in [1.807, 2.05) is 34.2 Å². The molecule has 5 heterocycles. The van der Waals surface area contributed by atoms with Crippen LogP contribution in [0.3, 0.4) is 0 Å². The van der Waals surface area contributed by atoms with Gasteiger partial charge in [-0.2, -0.15) is 0 Å². The second-order valence-corrected chi connectivity index (χ2v) is 14.8. The zero-order valence-corrected chi connectivity index (χ0v) is 28.6. The van der Waals surface area contributed by atoms with Gasteiger partial charge in [0.1, 0.15) is 5.00 Å². The first kappa shape index (κ1) is 32.9. The number of nitrogen functional groups attached to an aromatic ring is 1. The van der Waals surface area contributed by atoms with Gasteiger partial charge in [-0.3, -0.25) is 10.1 Å². The molecule has 4 amide bonds. The Bertz CT molecular complexity index is 1410. The van der Waals surface area contributed by atoms with Gasteiger partial charge in [0, 0.05) is 44.2 Å². The molecule has 12 heteroatoms. The highest BCUT2D eigenvalue weighted by Crippen LogP contribution is 2.34. The van der Waals surface area contributed by atoms with E-state index in [9.17, 15) is 14.4 Å². The largest absolute Gasteiger partial charge is 0.436 e. The molecule has 3 N–H and O–H groups in total. The summed E-state index contributed by atoms with van der Waals surface area (Å²) in [6.07, 6.45) is 5.22. The van der Waals surface area contributed by atoms with Gasteiger partial charge in [0.2, 0.25) is 0 Å². The number of amides is 4. The molecule has 0 aliphatic carbocycles. The maximum atomic E-state index is 14.0. The minimum Gasteiger partial charge on any atom is -0.436 e. The molecule has 4 aliphatic heterocycles. The Morgan fingerprint density at radius 3 is 2.35 bits per heavy atom. The summed E-state index contributed by atoms with van der Waals surface area (Å²) in [5.74, 6) is 1.21. The number of nitrogens with zero attached hydrogens (tertiary/aromatic N) is 4. The van der Waals surface area contributed by atoms with E-state index in [1.54, 1.807) is 11.0 Å². The summed E-state index contributed by atoms with van der Waals surface area (Å²) in [4.78, 5) is 48.2. The number of nitrogens with two attached hydrogens (primary N) is 1. The van der Waals surface area contributed by atoms with Gasteiger partial charge in [-0.15, -0.1) is 11.3 Å². The Morgan fingerprint density at radius 2 is 1.67 bits per heavy atom. The van der Waals surface area contributed by atoms with Crippen molar-refractivity contribution in [2.75, 3.05) is 57.4 Å². The van der Waals surface area contributed by atoms with E-state index in [-0.39, 0.29) is 24.4 Å². The summed E-state index contributed by atoms with van der Waals surface area (Å²) < 4.78 is 6.07. The van der Waals surface area contributed by atoms with E-state index in [2.05, 4.69) is 17.3 Å². The molecule has 10 nitrogen and oxygen atoms in total. The fourth-order valence-electron chi connectivity index (χ4n) is 7.68. The highest BCUT2D eigenvalue weighted by atomic mass is 35.5. The van der Waals surface area contributed by atoms with Crippen molar-refractivity contribution in [2.24, 2.45) is 11.8 Å². The Balaban J connectivity index is 1.10. The molecule has 1 atom stereocenters. The highest BCUT2D eigenvalue weighted by molar-refractivity contribution is 7.14. The molecule has 1 aromatic carbocycles. The van der Waals surface area contributed by atoms with Crippen molar-refractivity contribution >= 4 is 51.7 Å². The monoisotopic (exact) mass is 670 g/mol. The van der Waals surface area contributed by atoms with E-state index >= 15 is 0 Å². The number of hydrogen-bond acceptors (Lipinski definition) is 7. The highest BCUT2D eigenvalue weighted by Gasteiger charge is 2.37. The van der Waals surface area contributed by atoms with Crippen molar-refractivity contribution in [3.8, 4) is 0 Å². The molecule has 46 heavy (non-hydrogen) atoms. The Hall–Kier alpha value is -3.02. The van der Waals surface area contributed by atoms with Crippen molar-refractivity contribution in [2.45, 2.75) is 77.0 Å². The SMILES string of the molecule is CCc1cc(C[C@@H](OC(=O)N2CCC(N3Cc4ccsc4NC3=O)CC2)C(=O)N2CCC(C3CCN(C)CC3)CC2)cc(Cl)c1N. The lowest BCUT2D eigenvalue weighted by atomic mass is 9.79. The standard InChI is InChI=1S/C34H47ClN6O4S/c1-3-23-18-22(19-28(35)30(23)36)20-29(32(42)39-13-6-25(7-14-39)24-4-11-38(2)12-5-24)45-34(44)40-15-8-27(9-16-40)41-21-26-10-17-46-31(26)37-33(41)43/h10,17-19,24-25,27,29H,3-9,11-16,20-21,36H2,1-2H3,(H,37,43)/t29-/m1/s1. The average molecular weight is 671 g/mol. The number of likely N-dealkylation sites (tertiary alicyclic amines) is 3. The Labute approximate surface area is 281 Å². The number of piperidine rings is 3. The van der Waals surface area contributed by atoms with Crippen LogP contribution in [0.1, 0.15) is 62.1 Å². The van der Waals surface area contributed by atoms with Gasteiger partial charge >= 0.3 is 12.1 Å². The molecule has 6 rings (SSSR count). The predicted molar refractivity (Wildman–Crippen MR) is 182 cm³/mol. The van der Waals surface area contributed by atoms with Crippen LogP contribution < -0.4 is 11.1 Å². The second-order valence-electron chi connectivity index (χ2n) is 13.4. The zero-order chi connectivity index (χ0) is 32.4. The van der Waals surface area contributed by atoms with E-state index in [4.69, 9.17) is 22.1 Å². The normalized spacial score (nSPS) is 21.2. The molecule has 0 saturated carbocycles. The van der Waals surface area contributed by atoms with Crippen LogP contribution in [0, 0.1) is 11.8 Å². The van der Waals surface area contributed by atoms with Crippen molar-refractivity contribution in [1.29, 1.82) is 0 Å². The predicted octanol–water partition coefficient (Wildman–Crippen LogP) is 5.69. The third kappa shape index (κ3) is 7.26. The summed E-state index contributed by atoms with van der Waals surface area (Å²) >= 11 is 8.01. The molecule has 1 aromatic heterocycles. The number of anilines is 2. The maximum absolute atomic E-state index is 14.0. The number of rotatable bonds is 7. The molecule has 0 bridgehead atoms. The number of nitrogens with one attached hydrogen (secondary N) is 1. The number of carbonyl (C=O) groups excluding carboxylic acids is 3. The molecule has 3 saturated heterocycles. The van der Waals surface area contributed by atoms with Gasteiger partial charge < -0.3 is 30.1 Å². The van der Waals surface area contributed by atoms with Crippen LogP contribution in [0.15, 0.2) is 23.6 Å². The van der Waals surface area contributed by atoms with Crippen molar-refractivity contribution in [3.63, 3.8) is 0 Å². The van der Waals surface area contributed by atoms with Crippen LogP contribution in [0.2, 0.25) is 5.02 Å². The number of aryl methyl sites for hydroxylation is 1. The number of ether oxygens (including phenoxy) is 1. The van der Waals surface area contributed by atoms with Gasteiger partial charge in [0.15, 0.2) is 6.10 Å². The quantitative estimate of drug-likeness (QED) is 0.367. The topological polar surface area (TPSA) is 111 Å². The Kier molecular flexibility index (Phi) is 10.3. The van der Waals surface area contributed by atoms with Crippen molar-refractivity contribution in [1.82, 2.24) is 19.6 Å². The van der Waals surface area contributed by atoms with Gasteiger partial charge in [-0.25, -0.2) is 9.59 Å². The molecule has 0 radical (unpaired) electrons. The summed E-state index contributed by atoms with van der Waals surface area (Å²) in [5, 5.41) is 6.34. The average Bonchev–Trinajstić information content (AvgIpc) is 3.53. The number of benzene rings is 1. The molecule has 4 aliphatic rings. The van der Waals surface area contributed by atoms with Crippen LogP contribution in [0.25, 0.3) is 0 Å². The number of hydrogen-bond donors (Lipinski definition) is 2. The molecule has 2 aromatic rings. The first-order valence-corrected chi connectivity index (χ1v) is 18.1. The van der Waals surface area contributed by atoms with Crippen LogP contribution in [-0.4, -0.2) is 96.1 Å². The molecular formula is C34H47ClN6O4S. The van der Waals surface area contributed by atoms with Crippen LogP contribution >= 0.6 is 22.9 Å². The summed E-state index contributed by atoms with van der Waals surface area (Å²) in [7, 11) is 2.19. The number of halogens is 1. The van der Waals surface area contributed by atoms with E-state index in [0.717, 1.165) is 53.5 Å². The first-order chi connectivity index (χ1) is 22.2. The third-order valence-corrected chi connectivity index (χ3v) is 11.8. The number of carbonyl (C=O) groups is 3. The first-order valence-electron chi connectivity index (χ1n) is 16.8. The minimum atomic E-state index is -0.959. The minimum absolute atomic E-state index is 0.0322. The molecule has 250 valence electrons. The fourth-order valence-corrected chi connectivity index (χ4v) is 8.74. The fraction of sp³-hybridized carbons (Fsp3) is 0.618. The zero-order valence-electron chi connectivity index (χ0n) is 27.0. The van der Waals surface area contributed by atoms with Crippen LogP contribution in [0.5, 0.6) is 0 Å². The van der Waals surface area contributed by atoms with E-state index in [0.29, 0.717) is 68.6 Å². The van der Waals surface area contributed by atoms with Gasteiger partial charge in [0.25, 0.3) is 5.91 Å². The van der Waals surface area contributed by atoms with E-state index < -0.39 is 12.2 Å². The molecule has 3 fully saturated rings. The van der Waals surface area contributed by atoms with Crippen LogP contribution in [0.4, 0.5) is 20.3 Å².